The minimum Gasteiger partial charge on any atom is -0.497 e. The van der Waals surface area contributed by atoms with Crippen LogP contribution in [0.15, 0.2) is 43.1 Å². The number of piperidine rings is 3. The summed E-state index contributed by atoms with van der Waals surface area (Å²) < 4.78 is 23.4. The molecule has 0 saturated carbocycles. The molecule has 4 saturated heterocycles. The molecule has 1 aromatic carbocycles. The molecule has 6 rings (SSSR count). The largest absolute Gasteiger partial charge is 0.497 e. The molecular weight excluding hydrogens is 387 g/mol. The fourth-order valence-corrected chi connectivity index (χ4v) is 6.05. The zero-order chi connectivity index (χ0) is 19.8. The molecule has 4 fully saturated rings. The minimum absolute atomic E-state index is 0.134. The first-order valence-corrected chi connectivity index (χ1v) is 11.4. The van der Waals surface area contributed by atoms with Crippen molar-refractivity contribution in [3.63, 3.8) is 0 Å². The second-order valence-electron chi connectivity index (χ2n) is 7.95. The number of benzene rings is 1. The van der Waals surface area contributed by atoms with E-state index in [1.54, 1.807) is 7.11 Å². The topological polar surface area (TPSA) is 53.1 Å². The molecule has 5 heterocycles. The van der Waals surface area contributed by atoms with Gasteiger partial charge in [0.15, 0.2) is 0 Å². The number of ether oxygens (including phenoxy) is 1. The summed E-state index contributed by atoms with van der Waals surface area (Å²) in [5.41, 5.74) is 2.07. The van der Waals surface area contributed by atoms with E-state index in [-0.39, 0.29) is 12.1 Å². The van der Waals surface area contributed by atoms with Crippen molar-refractivity contribution in [3.8, 4) is 5.75 Å². The lowest BCUT2D eigenvalue weighted by Gasteiger charge is -2.51. The van der Waals surface area contributed by atoms with Gasteiger partial charge in [0, 0.05) is 24.2 Å². The van der Waals surface area contributed by atoms with E-state index in [4.69, 9.17) is 18.3 Å². The number of methoxy groups -OCH3 is 1. The van der Waals surface area contributed by atoms with Crippen LogP contribution in [0.25, 0.3) is 10.9 Å². The van der Waals surface area contributed by atoms with Gasteiger partial charge in [-0.15, -0.1) is 6.58 Å². The van der Waals surface area contributed by atoms with E-state index in [0.29, 0.717) is 25.0 Å². The number of hydrogen-bond acceptors (Lipinski definition) is 6. The van der Waals surface area contributed by atoms with E-state index < -0.39 is 8.60 Å². The maximum absolute atomic E-state index is 6.52. The number of nitrogens with zero attached hydrogens (tertiary/aromatic N) is 2. The highest BCUT2D eigenvalue weighted by molar-refractivity contribution is 7.41. The maximum Gasteiger partial charge on any atom is 0.333 e. The minimum atomic E-state index is -1.32. The quantitative estimate of drug-likeness (QED) is 0.514. The predicted molar refractivity (Wildman–Crippen MR) is 113 cm³/mol. The normalized spacial score (nSPS) is 30.5. The lowest BCUT2D eigenvalue weighted by molar-refractivity contribution is -0.0385. The van der Waals surface area contributed by atoms with Crippen LogP contribution in [0.2, 0.25) is 0 Å². The Hall–Kier alpha value is -1.56. The van der Waals surface area contributed by atoms with Crippen molar-refractivity contribution >= 4 is 19.5 Å². The summed E-state index contributed by atoms with van der Waals surface area (Å²) in [4.78, 5) is 7.12. The van der Waals surface area contributed by atoms with Gasteiger partial charge in [-0.25, -0.2) is 0 Å². The third-order valence-electron chi connectivity index (χ3n) is 6.47. The molecule has 1 aromatic heterocycles. The molecule has 29 heavy (non-hydrogen) atoms. The molecule has 1 unspecified atom stereocenters. The fraction of sp³-hybridized carbons (Fsp3) is 0.500. The SMILES string of the molecule is C=C[C@H]1CN2CC[C@H]1C[C@H]2[C@@H](OP1OCCO1)c1ccnc2ccc(OC)cc12. The van der Waals surface area contributed by atoms with Gasteiger partial charge in [-0.1, -0.05) is 6.08 Å². The van der Waals surface area contributed by atoms with Gasteiger partial charge in [0.1, 0.15) is 11.9 Å². The first-order valence-electron chi connectivity index (χ1n) is 10.3. The number of fused-ring (bicyclic) bond motifs is 4. The molecule has 0 radical (unpaired) electrons. The summed E-state index contributed by atoms with van der Waals surface area (Å²) in [7, 11) is 0.368. The standard InChI is InChI=1S/C22H27N2O4P/c1-3-15-14-24-9-7-16(15)12-21(24)22(28-29-26-10-11-27-29)18-6-8-23-20-5-4-17(25-2)13-19(18)20/h3-6,8,13,15-16,21-22H,1,7,9-12,14H2,2H3/t15-,16-,21-,22-/m0/s1. The van der Waals surface area contributed by atoms with E-state index in [1.165, 1.54) is 6.42 Å². The van der Waals surface area contributed by atoms with Crippen LogP contribution in [-0.4, -0.2) is 49.3 Å². The molecule has 4 aliphatic rings. The smallest absolute Gasteiger partial charge is 0.333 e. The summed E-state index contributed by atoms with van der Waals surface area (Å²) in [5, 5.41) is 1.06. The van der Waals surface area contributed by atoms with Gasteiger partial charge in [0.2, 0.25) is 0 Å². The number of hydrogen-bond donors (Lipinski definition) is 0. The summed E-state index contributed by atoms with van der Waals surface area (Å²) in [6, 6.07) is 8.37. The number of rotatable bonds is 6. The van der Waals surface area contributed by atoms with Crippen LogP contribution in [-0.2, 0) is 13.6 Å². The zero-order valence-electron chi connectivity index (χ0n) is 16.7. The third-order valence-corrected chi connectivity index (χ3v) is 7.65. The lowest BCUT2D eigenvalue weighted by Crippen LogP contribution is -2.55. The Kier molecular flexibility index (Phi) is 5.55. The van der Waals surface area contributed by atoms with Crippen LogP contribution in [0.1, 0.15) is 24.5 Å². The Bertz CT molecular complexity index is 888. The van der Waals surface area contributed by atoms with Gasteiger partial charge >= 0.3 is 8.60 Å². The highest BCUT2D eigenvalue weighted by Gasteiger charge is 2.44. The monoisotopic (exact) mass is 414 g/mol. The fourth-order valence-electron chi connectivity index (χ4n) is 4.96. The van der Waals surface area contributed by atoms with E-state index in [2.05, 4.69) is 34.7 Å². The average molecular weight is 414 g/mol. The van der Waals surface area contributed by atoms with E-state index >= 15 is 0 Å². The summed E-state index contributed by atoms with van der Waals surface area (Å²) >= 11 is 0. The molecule has 6 nitrogen and oxygen atoms in total. The first kappa shape index (κ1) is 19.4. The zero-order valence-corrected chi connectivity index (χ0v) is 17.6. The first-order chi connectivity index (χ1) is 14.3. The van der Waals surface area contributed by atoms with E-state index in [1.807, 2.05) is 18.3 Å². The molecule has 5 atom stereocenters. The Morgan fingerprint density at radius 2 is 2.17 bits per heavy atom. The molecule has 4 aliphatic heterocycles. The Balaban J connectivity index is 1.54. The van der Waals surface area contributed by atoms with Gasteiger partial charge in [-0.2, -0.15) is 0 Å². The Morgan fingerprint density at radius 3 is 2.90 bits per heavy atom. The van der Waals surface area contributed by atoms with Crippen molar-refractivity contribution in [2.24, 2.45) is 11.8 Å². The third kappa shape index (κ3) is 3.69. The maximum atomic E-state index is 6.52. The highest BCUT2D eigenvalue weighted by atomic mass is 31.2. The van der Waals surface area contributed by atoms with Crippen molar-refractivity contribution < 1.29 is 18.3 Å². The molecule has 2 aromatic rings. The van der Waals surface area contributed by atoms with Gasteiger partial charge in [0.05, 0.1) is 25.8 Å². The van der Waals surface area contributed by atoms with Gasteiger partial charge in [-0.3, -0.25) is 9.88 Å². The van der Waals surface area contributed by atoms with E-state index in [9.17, 15) is 0 Å². The molecular formula is C22H27N2O4P. The van der Waals surface area contributed by atoms with Crippen LogP contribution >= 0.6 is 8.60 Å². The molecule has 154 valence electrons. The molecule has 7 heteroatoms. The van der Waals surface area contributed by atoms with Gasteiger partial charge in [0.25, 0.3) is 0 Å². The number of pyridine rings is 1. The van der Waals surface area contributed by atoms with E-state index in [0.717, 1.165) is 41.7 Å². The highest BCUT2D eigenvalue weighted by Crippen LogP contribution is 2.52. The van der Waals surface area contributed by atoms with Gasteiger partial charge < -0.3 is 18.3 Å². The van der Waals surface area contributed by atoms with Crippen molar-refractivity contribution in [1.29, 1.82) is 0 Å². The second kappa shape index (κ2) is 8.29. The molecule has 0 spiro atoms. The molecule has 0 N–H and O–H groups in total. The second-order valence-corrected chi connectivity index (χ2v) is 9.12. The van der Waals surface area contributed by atoms with Crippen LogP contribution < -0.4 is 4.74 Å². The van der Waals surface area contributed by atoms with Crippen LogP contribution in [0, 0.1) is 11.8 Å². The van der Waals surface area contributed by atoms with Crippen LogP contribution in [0.4, 0.5) is 0 Å². The van der Waals surface area contributed by atoms with Crippen molar-refractivity contribution in [1.82, 2.24) is 9.88 Å². The van der Waals surface area contributed by atoms with Crippen molar-refractivity contribution in [2.45, 2.75) is 25.0 Å². The molecule has 2 bridgehead atoms. The summed E-state index contributed by atoms with van der Waals surface area (Å²) in [6.07, 6.45) is 6.19. The van der Waals surface area contributed by atoms with Gasteiger partial charge in [-0.05, 0) is 61.1 Å². The molecule has 0 amide bonds. The van der Waals surface area contributed by atoms with Crippen molar-refractivity contribution in [3.05, 3.63) is 48.7 Å². The Morgan fingerprint density at radius 1 is 1.31 bits per heavy atom. The lowest BCUT2D eigenvalue weighted by atomic mass is 9.73. The van der Waals surface area contributed by atoms with Crippen LogP contribution in [0.3, 0.4) is 0 Å². The predicted octanol–water partition coefficient (Wildman–Crippen LogP) is 4.47. The summed E-state index contributed by atoms with van der Waals surface area (Å²) in [5.74, 6) is 2.05. The van der Waals surface area contributed by atoms with Crippen molar-refractivity contribution in [2.75, 3.05) is 33.4 Å². The molecule has 0 aliphatic carbocycles. The number of aromatic nitrogens is 1. The summed E-state index contributed by atoms with van der Waals surface area (Å²) in [6.45, 7) is 7.40. The Labute approximate surface area is 172 Å². The average Bonchev–Trinajstić information content (AvgIpc) is 3.30. The van der Waals surface area contributed by atoms with Crippen LogP contribution in [0.5, 0.6) is 5.75 Å².